The normalized spacial score (nSPS) is 11.4. The molecule has 0 bridgehead atoms. The molecule has 0 saturated carbocycles. The number of nitro benzene ring substituents is 1. The Morgan fingerprint density at radius 3 is 2.08 bits per heavy atom. The fourth-order valence-corrected chi connectivity index (χ4v) is 2.34. The van der Waals surface area contributed by atoms with Crippen LogP contribution in [0.2, 0.25) is 0 Å². The zero-order chi connectivity index (χ0) is 19.0. The third-order valence-electron chi connectivity index (χ3n) is 3.59. The quantitative estimate of drug-likeness (QED) is 0.215. The summed E-state index contributed by atoms with van der Waals surface area (Å²) in [6, 6.07) is 6.87. The molecule has 0 atom stereocenters. The number of nitrogens with zero attached hydrogens (tertiary/aromatic N) is 2. The van der Waals surface area contributed by atoms with Crippen molar-refractivity contribution in [1.29, 1.82) is 0 Å². The van der Waals surface area contributed by atoms with Gasteiger partial charge >= 0.3 is 0 Å². The Morgan fingerprint density at radius 2 is 1.46 bits per heavy atom. The molecule has 2 aromatic carbocycles. The lowest BCUT2D eigenvalue weighted by molar-refractivity contribution is -0.383. The average Bonchev–Trinajstić information content (AvgIpc) is 2.64. The molecule has 132 valence electrons. The van der Waals surface area contributed by atoms with Gasteiger partial charge in [0, 0.05) is 6.07 Å². The van der Waals surface area contributed by atoms with Gasteiger partial charge in [-0.05, 0) is 30.4 Å². The average molecular weight is 366 g/mol. The second kappa shape index (κ2) is 6.51. The molecule has 0 fully saturated rings. The van der Waals surface area contributed by atoms with Crippen molar-refractivity contribution in [2.45, 2.75) is 0 Å². The van der Waals surface area contributed by atoms with Crippen LogP contribution in [0.1, 0.15) is 11.3 Å². The van der Waals surface area contributed by atoms with E-state index in [1.807, 2.05) is 0 Å². The number of hydrogen-bond acceptors (Lipinski definition) is 3. The molecule has 0 aliphatic rings. The number of fused-ring (bicyclic) bond motifs is 1. The maximum atomic E-state index is 13.6. The first-order valence-corrected chi connectivity index (χ1v) is 7.05. The fourth-order valence-electron chi connectivity index (χ4n) is 2.34. The smallest absolute Gasteiger partial charge is 0.258 e. The Labute approximate surface area is 142 Å². The number of benzene rings is 2. The zero-order valence-corrected chi connectivity index (χ0v) is 12.6. The summed E-state index contributed by atoms with van der Waals surface area (Å²) in [5, 5.41) is 11.2. The molecule has 0 amide bonds. The lowest BCUT2D eigenvalue weighted by Crippen LogP contribution is -2.03. The van der Waals surface area contributed by atoms with E-state index in [1.54, 1.807) is 0 Å². The second-order valence-corrected chi connectivity index (χ2v) is 5.15. The van der Waals surface area contributed by atoms with Gasteiger partial charge in [-0.2, -0.15) is 0 Å². The summed E-state index contributed by atoms with van der Waals surface area (Å²) in [5.41, 5.74) is -0.937. The number of non-ortho nitro benzene ring substituents is 1. The maximum Gasteiger partial charge on any atom is 0.278 e. The predicted molar refractivity (Wildman–Crippen MR) is 83.6 cm³/mol. The first kappa shape index (κ1) is 17.5. The van der Waals surface area contributed by atoms with E-state index in [2.05, 4.69) is 4.98 Å². The number of halogens is 5. The summed E-state index contributed by atoms with van der Waals surface area (Å²) in [7, 11) is 0. The minimum atomic E-state index is -2.24. The molecule has 1 aromatic heterocycles. The molecule has 4 nitrogen and oxygen atoms in total. The number of aromatic nitrogens is 1. The summed E-state index contributed by atoms with van der Waals surface area (Å²) >= 11 is 0. The van der Waals surface area contributed by atoms with Crippen LogP contribution in [0.15, 0.2) is 30.3 Å². The van der Waals surface area contributed by atoms with Gasteiger partial charge in [0.1, 0.15) is 0 Å². The Bertz CT molecular complexity index is 1050. The second-order valence-electron chi connectivity index (χ2n) is 5.15. The molecule has 0 aliphatic heterocycles. The minimum absolute atomic E-state index is 0.113. The molecule has 26 heavy (non-hydrogen) atoms. The summed E-state index contributed by atoms with van der Waals surface area (Å²) in [6.07, 6.45) is 1.73. The van der Waals surface area contributed by atoms with Crippen molar-refractivity contribution in [2.75, 3.05) is 0 Å². The third kappa shape index (κ3) is 2.87. The van der Waals surface area contributed by atoms with E-state index in [1.165, 1.54) is 30.3 Å². The summed E-state index contributed by atoms with van der Waals surface area (Å²) in [6.45, 7) is 0. The molecular weight excluding hydrogens is 359 g/mol. The highest BCUT2D eigenvalue weighted by molar-refractivity contribution is 5.89. The lowest BCUT2D eigenvalue weighted by atomic mass is 10.1. The van der Waals surface area contributed by atoms with Crippen molar-refractivity contribution in [3.8, 4) is 0 Å². The van der Waals surface area contributed by atoms with Crippen LogP contribution in [0.5, 0.6) is 0 Å². The van der Waals surface area contributed by atoms with Crippen molar-refractivity contribution in [3.05, 3.63) is 80.8 Å². The minimum Gasteiger partial charge on any atom is -0.258 e. The molecule has 0 saturated heterocycles. The zero-order valence-electron chi connectivity index (χ0n) is 12.6. The van der Waals surface area contributed by atoms with Gasteiger partial charge in [-0.25, -0.2) is 26.9 Å². The molecule has 9 heteroatoms. The summed E-state index contributed by atoms with van der Waals surface area (Å²) in [4.78, 5) is 14.4. The van der Waals surface area contributed by atoms with E-state index in [0.717, 1.165) is 6.08 Å². The van der Waals surface area contributed by atoms with Gasteiger partial charge in [0.15, 0.2) is 23.3 Å². The van der Waals surface area contributed by atoms with Gasteiger partial charge in [-0.15, -0.1) is 0 Å². The predicted octanol–water partition coefficient (Wildman–Crippen LogP) is 5.01. The molecule has 0 radical (unpaired) electrons. The Balaban J connectivity index is 2.06. The van der Waals surface area contributed by atoms with Crippen LogP contribution in [0, 0.1) is 39.2 Å². The number of rotatable bonds is 3. The molecule has 3 aromatic rings. The first-order valence-electron chi connectivity index (χ1n) is 7.05. The number of hydrogen-bond donors (Lipinski definition) is 0. The highest BCUT2D eigenvalue weighted by Gasteiger charge is 2.24. The molecular formula is C17H7F5N2O2. The topological polar surface area (TPSA) is 56.0 Å². The summed E-state index contributed by atoms with van der Waals surface area (Å²) < 4.78 is 66.6. The fraction of sp³-hybridized carbons (Fsp3) is 0. The van der Waals surface area contributed by atoms with Crippen LogP contribution >= 0.6 is 0 Å². The number of pyridine rings is 1. The van der Waals surface area contributed by atoms with Gasteiger partial charge in [-0.1, -0.05) is 6.07 Å². The van der Waals surface area contributed by atoms with Crippen molar-refractivity contribution < 1.29 is 26.9 Å². The van der Waals surface area contributed by atoms with Crippen LogP contribution < -0.4 is 0 Å². The number of nitro groups is 1. The van der Waals surface area contributed by atoms with E-state index in [9.17, 15) is 32.1 Å². The van der Waals surface area contributed by atoms with Crippen molar-refractivity contribution in [2.24, 2.45) is 0 Å². The van der Waals surface area contributed by atoms with Crippen LogP contribution in [-0.4, -0.2) is 9.91 Å². The van der Waals surface area contributed by atoms with Crippen LogP contribution in [0.25, 0.3) is 23.1 Å². The standard InChI is InChI=1S/C17H7F5N2O2/c18-13-10(14(19)16(21)17(22)15(13)20)7-5-8-4-6-9-11(23-8)2-1-3-12(9)24(25)26/h1-7H. The largest absolute Gasteiger partial charge is 0.278 e. The molecule has 0 N–H and O–H groups in total. The van der Waals surface area contributed by atoms with Crippen LogP contribution in [0.3, 0.4) is 0 Å². The van der Waals surface area contributed by atoms with E-state index in [-0.39, 0.29) is 22.3 Å². The van der Waals surface area contributed by atoms with Gasteiger partial charge in [0.25, 0.3) is 5.69 Å². The van der Waals surface area contributed by atoms with Gasteiger partial charge < -0.3 is 0 Å². The molecule has 1 heterocycles. The Hall–Kier alpha value is -3.36. The highest BCUT2D eigenvalue weighted by atomic mass is 19.2. The van der Waals surface area contributed by atoms with Gasteiger partial charge in [-0.3, -0.25) is 10.1 Å². The maximum absolute atomic E-state index is 13.6. The third-order valence-corrected chi connectivity index (χ3v) is 3.59. The molecule has 0 aliphatic carbocycles. The van der Waals surface area contributed by atoms with Crippen molar-refractivity contribution >= 4 is 28.7 Å². The molecule has 0 spiro atoms. The highest BCUT2D eigenvalue weighted by Crippen LogP contribution is 2.26. The van der Waals surface area contributed by atoms with E-state index >= 15 is 0 Å². The lowest BCUT2D eigenvalue weighted by Gasteiger charge is -2.04. The summed E-state index contributed by atoms with van der Waals surface area (Å²) in [5.74, 6) is -10.3. The van der Waals surface area contributed by atoms with Crippen molar-refractivity contribution in [1.82, 2.24) is 4.98 Å². The van der Waals surface area contributed by atoms with E-state index in [0.29, 0.717) is 6.08 Å². The van der Waals surface area contributed by atoms with E-state index < -0.39 is 39.6 Å². The van der Waals surface area contributed by atoms with Crippen LogP contribution in [0.4, 0.5) is 27.6 Å². The van der Waals surface area contributed by atoms with Gasteiger partial charge in [0.05, 0.1) is 27.1 Å². The van der Waals surface area contributed by atoms with Crippen molar-refractivity contribution in [3.63, 3.8) is 0 Å². The first-order chi connectivity index (χ1) is 12.3. The Kier molecular flexibility index (Phi) is 4.37. The van der Waals surface area contributed by atoms with Crippen LogP contribution in [-0.2, 0) is 0 Å². The van der Waals surface area contributed by atoms with E-state index in [4.69, 9.17) is 0 Å². The monoisotopic (exact) mass is 366 g/mol. The Morgan fingerprint density at radius 1 is 0.846 bits per heavy atom. The SMILES string of the molecule is O=[N+]([O-])c1cccc2nc(C=Cc3c(F)c(F)c(F)c(F)c3F)ccc12. The molecule has 0 unspecified atom stereocenters. The van der Waals surface area contributed by atoms with Gasteiger partial charge in [0.2, 0.25) is 5.82 Å². The molecule has 3 rings (SSSR count).